The molecule has 1 fully saturated rings. The maximum atomic E-state index is 12.9. The molecule has 0 bridgehead atoms. The fourth-order valence-corrected chi connectivity index (χ4v) is 3.59. The molecule has 2 aromatic carbocycles. The lowest BCUT2D eigenvalue weighted by Crippen LogP contribution is -2.48. The molecule has 1 aliphatic heterocycles. The van der Waals surface area contributed by atoms with E-state index in [-0.39, 0.29) is 5.91 Å². The zero-order valence-corrected chi connectivity index (χ0v) is 16.9. The van der Waals surface area contributed by atoms with Crippen molar-refractivity contribution in [3.8, 4) is 11.5 Å². The molecule has 1 amide bonds. The Labute approximate surface area is 169 Å². The summed E-state index contributed by atoms with van der Waals surface area (Å²) in [6, 6.07) is 11.2. The minimum Gasteiger partial charge on any atom is -0.493 e. The Bertz CT molecular complexity index is 804. The number of benzene rings is 2. The van der Waals surface area contributed by atoms with Gasteiger partial charge in [-0.3, -0.25) is 9.69 Å². The Morgan fingerprint density at radius 1 is 1.00 bits per heavy atom. The second-order valence-corrected chi connectivity index (χ2v) is 7.23. The second-order valence-electron chi connectivity index (χ2n) is 6.39. The molecule has 0 aliphatic carbocycles. The molecular weight excluding hydrogens is 387 g/mol. The van der Waals surface area contributed by atoms with Gasteiger partial charge in [0.05, 0.1) is 19.2 Å². The number of rotatable bonds is 5. The number of ether oxygens (including phenoxy) is 2. The van der Waals surface area contributed by atoms with E-state index in [9.17, 15) is 4.79 Å². The van der Waals surface area contributed by atoms with Crippen molar-refractivity contribution < 1.29 is 14.3 Å². The number of halogens is 2. The van der Waals surface area contributed by atoms with Crippen LogP contribution in [-0.4, -0.2) is 56.1 Å². The van der Waals surface area contributed by atoms with E-state index in [4.69, 9.17) is 32.7 Å². The molecule has 7 heteroatoms. The van der Waals surface area contributed by atoms with Crippen LogP contribution in [-0.2, 0) is 6.54 Å². The summed E-state index contributed by atoms with van der Waals surface area (Å²) in [4.78, 5) is 17.0. The number of carbonyl (C=O) groups excluding carboxylic acids is 1. The van der Waals surface area contributed by atoms with Crippen molar-refractivity contribution in [2.24, 2.45) is 0 Å². The zero-order valence-electron chi connectivity index (χ0n) is 15.4. The van der Waals surface area contributed by atoms with E-state index in [0.29, 0.717) is 35.2 Å². The Hall–Kier alpha value is -1.95. The monoisotopic (exact) mass is 408 g/mol. The third-order valence-electron chi connectivity index (χ3n) is 4.66. The number of hydrogen-bond acceptors (Lipinski definition) is 4. The number of methoxy groups -OCH3 is 2. The standard InChI is InChI=1S/C20H22Cl2N2O3/c1-26-18-12-15(11-17(22)19(18)27-2)20(25)24-9-7-23(8-10-24)13-14-3-5-16(21)6-4-14/h3-6,11-12H,7-10,13H2,1-2H3. The highest BCUT2D eigenvalue weighted by atomic mass is 35.5. The Balaban J connectivity index is 1.63. The average molecular weight is 409 g/mol. The minimum absolute atomic E-state index is 0.0519. The van der Waals surface area contributed by atoms with Gasteiger partial charge in [0.2, 0.25) is 0 Å². The van der Waals surface area contributed by atoms with Crippen LogP contribution in [0.15, 0.2) is 36.4 Å². The van der Waals surface area contributed by atoms with Crippen LogP contribution in [0.1, 0.15) is 15.9 Å². The summed E-state index contributed by atoms with van der Waals surface area (Å²) in [6.45, 7) is 3.81. The molecule has 0 saturated carbocycles. The summed E-state index contributed by atoms with van der Waals surface area (Å²) >= 11 is 12.2. The van der Waals surface area contributed by atoms with Crippen LogP contribution >= 0.6 is 23.2 Å². The first kappa shape index (κ1) is 19.8. The highest BCUT2D eigenvalue weighted by Crippen LogP contribution is 2.36. The number of carbonyl (C=O) groups is 1. The highest BCUT2D eigenvalue weighted by molar-refractivity contribution is 6.32. The lowest BCUT2D eigenvalue weighted by atomic mass is 10.1. The van der Waals surface area contributed by atoms with Gasteiger partial charge in [-0.15, -0.1) is 0 Å². The maximum Gasteiger partial charge on any atom is 0.254 e. The second kappa shape index (κ2) is 8.83. The van der Waals surface area contributed by atoms with Gasteiger partial charge in [-0.05, 0) is 29.8 Å². The number of piperazine rings is 1. The van der Waals surface area contributed by atoms with Crippen molar-refractivity contribution >= 4 is 29.1 Å². The molecule has 1 heterocycles. The van der Waals surface area contributed by atoms with Crippen molar-refractivity contribution in [1.29, 1.82) is 0 Å². The van der Waals surface area contributed by atoms with Crippen LogP contribution < -0.4 is 9.47 Å². The van der Waals surface area contributed by atoms with Gasteiger partial charge in [-0.1, -0.05) is 35.3 Å². The Kier molecular flexibility index (Phi) is 6.47. The Morgan fingerprint density at radius 2 is 1.67 bits per heavy atom. The van der Waals surface area contributed by atoms with E-state index in [1.54, 1.807) is 12.1 Å². The zero-order chi connectivity index (χ0) is 19.4. The van der Waals surface area contributed by atoms with Crippen LogP contribution in [0.25, 0.3) is 0 Å². The van der Waals surface area contributed by atoms with Gasteiger partial charge in [0, 0.05) is 43.3 Å². The SMILES string of the molecule is COc1cc(C(=O)N2CCN(Cc3ccc(Cl)cc3)CC2)cc(Cl)c1OC. The quantitative estimate of drug-likeness (QED) is 0.750. The first-order chi connectivity index (χ1) is 13.0. The van der Waals surface area contributed by atoms with Crippen molar-refractivity contribution in [3.63, 3.8) is 0 Å². The van der Waals surface area contributed by atoms with Crippen LogP contribution in [0.5, 0.6) is 11.5 Å². The van der Waals surface area contributed by atoms with E-state index < -0.39 is 0 Å². The molecule has 1 aliphatic rings. The predicted molar refractivity (Wildman–Crippen MR) is 107 cm³/mol. The number of hydrogen-bond donors (Lipinski definition) is 0. The van der Waals surface area contributed by atoms with Gasteiger partial charge in [-0.2, -0.15) is 0 Å². The average Bonchev–Trinajstić information content (AvgIpc) is 2.69. The van der Waals surface area contributed by atoms with Crippen molar-refractivity contribution in [3.05, 3.63) is 57.6 Å². The lowest BCUT2D eigenvalue weighted by Gasteiger charge is -2.35. The lowest BCUT2D eigenvalue weighted by molar-refractivity contribution is 0.0628. The smallest absolute Gasteiger partial charge is 0.254 e. The molecular formula is C20H22Cl2N2O3. The molecule has 27 heavy (non-hydrogen) atoms. The highest BCUT2D eigenvalue weighted by Gasteiger charge is 2.24. The van der Waals surface area contributed by atoms with E-state index >= 15 is 0 Å². The van der Waals surface area contributed by atoms with Gasteiger partial charge >= 0.3 is 0 Å². The minimum atomic E-state index is -0.0519. The van der Waals surface area contributed by atoms with Crippen LogP contribution in [0.3, 0.4) is 0 Å². The van der Waals surface area contributed by atoms with Gasteiger partial charge in [0.15, 0.2) is 11.5 Å². The van der Waals surface area contributed by atoms with E-state index in [1.165, 1.54) is 19.8 Å². The molecule has 0 spiro atoms. The topological polar surface area (TPSA) is 42.0 Å². The fourth-order valence-electron chi connectivity index (χ4n) is 3.18. The molecule has 1 saturated heterocycles. The molecule has 3 rings (SSSR count). The van der Waals surface area contributed by atoms with Gasteiger partial charge in [-0.25, -0.2) is 0 Å². The third-order valence-corrected chi connectivity index (χ3v) is 5.19. The summed E-state index contributed by atoms with van der Waals surface area (Å²) in [5.74, 6) is 0.835. The normalized spacial score (nSPS) is 14.9. The van der Waals surface area contributed by atoms with Crippen LogP contribution in [0, 0.1) is 0 Å². The molecule has 144 valence electrons. The molecule has 0 radical (unpaired) electrons. The van der Waals surface area contributed by atoms with E-state index in [1.807, 2.05) is 29.2 Å². The number of amides is 1. The summed E-state index contributed by atoms with van der Waals surface area (Å²) in [5, 5.41) is 1.10. The Morgan fingerprint density at radius 3 is 2.26 bits per heavy atom. The summed E-state index contributed by atoms with van der Waals surface area (Å²) in [6.07, 6.45) is 0. The molecule has 2 aromatic rings. The maximum absolute atomic E-state index is 12.9. The first-order valence-corrected chi connectivity index (χ1v) is 9.45. The third kappa shape index (κ3) is 4.67. The summed E-state index contributed by atoms with van der Waals surface area (Å²) < 4.78 is 10.5. The molecule has 0 aromatic heterocycles. The summed E-state index contributed by atoms with van der Waals surface area (Å²) in [7, 11) is 3.04. The fraction of sp³-hybridized carbons (Fsp3) is 0.350. The van der Waals surface area contributed by atoms with Crippen molar-refractivity contribution in [2.45, 2.75) is 6.54 Å². The predicted octanol–water partition coefficient (Wildman–Crippen LogP) is 3.97. The molecule has 0 atom stereocenters. The largest absolute Gasteiger partial charge is 0.493 e. The van der Waals surface area contributed by atoms with E-state index in [0.717, 1.165) is 24.7 Å². The number of nitrogens with zero attached hydrogens (tertiary/aromatic N) is 2. The van der Waals surface area contributed by atoms with E-state index in [2.05, 4.69) is 4.90 Å². The van der Waals surface area contributed by atoms with Gasteiger partial charge in [0.1, 0.15) is 0 Å². The van der Waals surface area contributed by atoms with Gasteiger partial charge in [0.25, 0.3) is 5.91 Å². The van der Waals surface area contributed by atoms with Crippen molar-refractivity contribution in [2.75, 3.05) is 40.4 Å². The van der Waals surface area contributed by atoms with Gasteiger partial charge < -0.3 is 14.4 Å². The first-order valence-electron chi connectivity index (χ1n) is 8.69. The van der Waals surface area contributed by atoms with Crippen LogP contribution in [0.2, 0.25) is 10.0 Å². The molecule has 0 unspecified atom stereocenters. The molecule has 5 nitrogen and oxygen atoms in total. The molecule has 0 N–H and O–H groups in total. The summed E-state index contributed by atoms with van der Waals surface area (Å²) in [5.41, 5.74) is 1.72. The van der Waals surface area contributed by atoms with Crippen molar-refractivity contribution in [1.82, 2.24) is 9.80 Å². The van der Waals surface area contributed by atoms with Crippen LogP contribution in [0.4, 0.5) is 0 Å².